The van der Waals surface area contributed by atoms with Crippen molar-refractivity contribution in [2.45, 2.75) is 13.3 Å². The Morgan fingerprint density at radius 3 is 2.71 bits per heavy atom. The lowest BCUT2D eigenvalue weighted by Crippen LogP contribution is -2.00. The minimum atomic E-state index is -0.594. The lowest BCUT2D eigenvalue weighted by molar-refractivity contribution is -0.384. The largest absolute Gasteiger partial charge is 0.350 e. The van der Waals surface area contributed by atoms with Crippen LogP contribution in [0.5, 0.6) is 0 Å². The van der Waals surface area contributed by atoms with Gasteiger partial charge in [0, 0.05) is 29.8 Å². The van der Waals surface area contributed by atoms with E-state index in [0.717, 1.165) is 18.2 Å². The molecule has 21 heavy (non-hydrogen) atoms. The molecule has 6 heteroatoms. The van der Waals surface area contributed by atoms with Crippen LogP contribution in [0.15, 0.2) is 42.5 Å². The van der Waals surface area contributed by atoms with E-state index in [1.807, 2.05) is 0 Å². The summed E-state index contributed by atoms with van der Waals surface area (Å²) in [7, 11) is 0. The first-order valence-corrected chi connectivity index (χ1v) is 6.35. The number of hydrogen-bond acceptors (Lipinski definition) is 4. The van der Waals surface area contributed by atoms with Gasteiger partial charge >= 0.3 is 0 Å². The lowest BCUT2D eigenvalue weighted by Gasteiger charge is -2.08. The van der Waals surface area contributed by atoms with Crippen molar-refractivity contribution in [3.05, 3.63) is 64.0 Å². The van der Waals surface area contributed by atoms with E-state index in [2.05, 4.69) is 5.32 Å². The Kier molecular flexibility index (Phi) is 4.27. The van der Waals surface area contributed by atoms with E-state index in [1.165, 1.54) is 0 Å². The number of nitrogens with zero attached hydrogens (tertiary/aromatic N) is 1. The number of anilines is 2. The van der Waals surface area contributed by atoms with Crippen LogP contribution < -0.4 is 5.32 Å². The fourth-order valence-electron chi connectivity index (χ4n) is 1.90. The van der Waals surface area contributed by atoms with Crippen LogP contribution in [0.4, 0.5) is 21.5 Å². The van der Waals surface area contributed by atoms with E-state index in [-0.39, 0.29) is 17.2 Å². The maximum Gasteiger partial charge on any atom is 0.292 e. The number of carbonyl (C=O) groups is 1. The number of nitro groups is 1. The van der Waals surface area contributed by atoms with Crippen molar-refractivity contribution in [2.24, 2.45) is 0 Å². The third-order valence-corrected chi connectivity index (χ3v) is 2.94. The molecular weight excluding hydrogens is 275 g/mol. The average molecular weight is 288 g/mol. The van der Waals surface area contributed by atoms with Crippen LogP contribution in [0, 0.1) is 15.9 Å². The molecule has 2 aromatic rings. The minimum absolute atomic E-state index is 0.0348. The number of nitro benzene ring substituents is 1. The van der Waals surface area contributed by atoms with Gasteiger partial charge in [0.05, 0.1) is 4.92 Å². The van der Waals surface area contributed by atoms with Crippen LogP contribution in [0.25, 0.3) is 0 Å². The number of hydrogen-bond donors (Lipinski definition) is 1. The van der Waals surface area contributed by atoms with Gasteiger partial charge in [0.1, 0.15) is 11.5 Å². The molecule has 0 aliphatic carbocycles. The molecule has 0 heterocycles. The zero-order valence-corrected chi connectivity index (χ0v) is 11.3. The number of benzene rings is 2. The monoisotopic (exact) mass is 288 g/mol. The van der Waals surface area contributed by atoms with Gasteiger partial charge in [-0.3, -0.25) is 14.9 Å². The maximum atomic E-state index is 13.3. The van der Waals surface area contributed by atoms with E-state index in [9.17, 15) is 19.3 Å². The molecular formula is C15H13FN2O3. The van der Waals surface area contributed by atoms with Crippen molar-refractivity contribution in [3.8, 4) is 0 Å². The van der Waals surface area contributed by atoms with Gasteiger partial charge < -0.3 is 5.32 Å². The summed E-state index contributed by atoms with van der Waals surface area (Å²) in [6.07, 6.45) is 0.365. The molecule has 0 aliphatic rings. The highest BCUT2D eigenvalue weighted by molar-refractivity contribution is 5.96. The fourth-order valence-corrected chi connectivity index (χ4v) is 1.90. The first kappa shape index (κ1) is 14.6. The van der Waals surface area contributed by atoms with Gasteiger partial charge in [-0.15, -0.1) is 0 Å². The highest BCUT2D eigenvalue weighted by Gasteiger charge is 2.15. The summed E-state index contributed by atoms with van der Waals surface area (Å²) in [5.41, 5.74) is 0.800. The second kappa shape index (κ2) is 6.13. The van der Waals surface area contributed by atoms with Crippen molar-refractivity contribution in [3.63, 3.8) is 0 Å². The topological polar surface area (TPSA) is 72.2 Å². The molecule has 0 spiro atoms. The first-order chi connectivity index (χ1) is 10.0. The normalized spacial score (nSPS) is 10.2. The maximum absolute atomic E-state index is 13.3. The third kappa shape index (κ3) is 3.42. The van der Waals surface area contributed by atoms with Crippen molar-refractivity contribution in [2.75, 3.05) is 5.32 Å². The van der Waals surface area contributed by atoms with E-state index in [4.69, 9.17) is 0 Å². The SMILES string of the molecule is CCC(=O)c1cccc(Nc2cc(F)ccc2[N+](=O)[O-])c1. The van der Waals surface area contributed by atoms with Crippen molar-refractivity contribution in [1.82, 2.24) is 0 Å². The van der Waals surface area contributed by atoms with Gasteiger partial charge in [-0.1, -0.05) is 19.1 Å². The number of Topliss-reactive ketones (excluding diaryl/α,β-unsaturated/α-hetero) is 1. The summed E-state index contributed by atoms with van der Waals surface area (Å²) in [6.45, 7) is 1.75. The van der Waals surface area contributed by atoms with Gasteiger partial charge in [0.15, 0.2) is 5.78 Å². The second-order valence-corrected chi connectivity index (χ2v) is 4.40. The summed E-state index contributed by atoms with van der Waals surface area (Å²) in [4.78, 5) is 22.0. The summed E-state index contributed by atoms with van der Waals surface area (Å²) in [5, 5.41) is 13.7. The molecule has 0 atom stereocenters. The molecule has 2 rings (SSSR count). The van der Waals surface area contributed by atoms with Crippen LogP contribution in [0.3, 0.4) is 0 Å². The zero-order valence-electron chi connectivity index (χ0n) is 11.3. The standard InChI is InChI=1S/C15H13FN2O3/c1-2-15(19)10-4-3-5-12(8-10)17-13-9-11(16)6-7-14(13)18(20)21/h3-9,17H,2H2,1H3. The number of ketones is 1. The molecule has 0 saturated carbocycles. The molecule has 0 aromatic heterocycles. The van der Waals surface area contributed by atoms with E-state index in [0.29, 0.717) is 17.7 Å². The van der Waals surface area contributed by atoms with Crippen molar-refractivity contribution < 1.29 is 14.1 Å². The van der Waals surface area contributed by atoms with E-state index in [1.54, 1.807) is 31.2 Å². The van der Waals surface area contributed by atoms with Crippen LogP contribution in [-0.2, 0) is 0 Å². The molecule has 1 N–H and O–H groups in total. The molecule has 108 valence electrons. The number of rotatable bonds is 5. The Balaban J connectivity index is 2.36. The highest BCUT2D eigenvalue weighted by Crippen LogP contribution is 2.28. The number of halogens is 1. The predicted molar refractivity (Wildman–Crippen MR) is 77.4 cm³/mol. The molecule has 5 nitrogen and oxygen atoms in total. The molecule has 0 saturated heterocycles. The lowest BCUT2D eigenvalue weighted by atomic mass is 10.1. The Hall–Kier alpha value is -2.76. The molecule has 0 unspecified atom stereocenters. The summed E-state index contributed by atoms with van der Waals surface area (Å²) < 4.78 is 13.3. The van der Waals surface area contributed by atoms with Crippen LogP contribution in [0.2, 0.25) is 0 Å². The Morgan fingerprint density at radius 2 is 2.05 bits per heavy atom. The Bertz CT molecular complexity index is 701. The first-order valence-electron chi connectivity index (χ1n) is 6.35. The van der Waals surface area contributed by atoms with Gasteiger partial charge in [0.2, 0.25) is 0 Å². The molecule has 0 bridgehead atoms. The van der Waals surface area contributed by atoms with Crippen molar-refractivity contribution in [1.29, 1.82) is 0 Å². The molecule has 0 aliphatic heterocycles. The van der Waals surface area contributed by atoms with Crippen LogP contribution in [-0.4, -0.2) is 10.7 Å². The fraction of sp³-hybridized carbons (Fsp3) is 0.133. The van der Waals surface area contributed by atoms with Gasteiger partial charge in [0.25, 0.3) is 5.69 Å². The molecule has 0 fully saturated rings. The van der Waals surface area contributed by atoms with E-state index < -0.39 is 10.7 Å². The molecule has 0 radical (unpaired) electrons. The summed E-state index contributed by atoms with van der Waals surface area (Å²) in [6, 6.07) is 9.74. The quantitative estimate of drug-likeness (QED) is 0.511. The minimum Gasteiger partial charge on any atom is -0.350 e. The predicted octanol–water partition coefficient (Wildman–Crippen LogP) is 4.07. The summed E-state index contributed by atoms with van der Waals surface area (Å²) in [5.74, 6) is -0.615. The smallest absolute Gasteiger partial charge is 0.292 e. The third-order valence-electron chi connectivity index (χ3n) is 2.94. The van der Waals surface area contributed by atoms with Gasteiger partial charge in [-0.2, -0.15) is 0 Å². The van der Waals surface area contributed by atoms with Crippen LogP contribution in [0.1, 0.15) is 23.7 Å². The van der Waals surface area contributed by atoms with Crippen molar-refractivity contribution >= 4 is 22.8 Å². The zero-order chi connectivity index (χ0) is 15.4. The average Bonchev–Trinajstić information content (AvgIpc) is 2.46. The second-order valence-electron chi connectivity index (χ2n) is 4.40. The Morgan fingerprint density at radius 1 is 1.29 bits per heavy atom. The van der Waals surface area contributed by atoms with Gasteiger partial charge in [-0.05, 0) is 18.2 Å². The molecule has 2 aromatic carbocycles. The summed E-state index contributed by atoms with van der Waals surface area (Å²) >= 11 is 0. The van der Waals surface area contributed by atoms with Crippen LogP contribution >= 0.6 is 0 Å². The molecule has 0 amide bonds. The highest BCUT2D eigenvalue weighted by atomic mass is 19.1. The Labute approximate surface area is 120 Å². The number of carbonyl (C=O) groups excluding carboxylic acids is 1. The van der Waals surface area contributed by atoms with Gasteiger partial charge in [-0.25, -0.2) is 4.39 Å². The number of nitrogens with one attached hydrogen (secondary N) is 1. The van der Waals surface area contributed by atoms with E-state index >= 15 is 0 Å².